The minimum absolute atomic E-state index is 0.229. The Morgan fingerprint density at radius 3 is 2.80 bits per heavy atom. The van der Waals surface area contributed by atoms with Gasteiger partial charge in [0.25, 0.3) is 0 Å². The summed E-state index contributed by atoms with van der Waals surface area (Å²) in [7, 11) is 2.96. The number of hydrogen-bond donors (Lipinski definition) is 1. The van der Waals surface area contributed by atoms with Gasteiger partial charge in [-0.1, -0.05) is 17.8 Å². The van der Waals surface area contributed by atoms with Crippen molar-refractivity contribution < 1.29 is 14.6 Å². The van der Waals surface area contributed by atoms with Crippen molar-refractivity contribution in [2.45, 2.75) is 25.9 Å². The molecular weight excluding hydrogens is 280 g/mol. The lowest BCUT2D eigenvalue weighted by Crippen LogP contribution is -2.08. The molecule has 2 aromatic heterocycles. The fraction of sp³-hybridized carbons (Fsp3) is 0.500. The Kier molecular flexibility index (Phi) is 4.80. The molecule has 20 heavy (non-hydrogen) atoms. The minimum atomic E-state index is -0.954. The van der Waals surface area contributed by atoms with Gasteiger partial charge in [0.1, 0.15) is 11.8 Å². The third-order valence-electron chi connectivity index (χ3n) is 2.73. The van der Waals surface area contributed by atoms with Crippen LogP contribution in [0.25, 0.3) is 0 Å². The monoisotopic (exact) mass is 296 g/mol. The number of hydrogen-bond acceptors (Lipinski definition) is 8. The summed E-state index contributed by atoms with van der Waals surface area (Å²) in [5.41, 5.74) is 1.11. The smallest absolute Gasteiger partial charge is 0.241 e. The van der Waals surface area contributed by atoms with Crippen LogP contribution in [-0.2, 0) is 6.42 Å². The number of ether oxygens (including phenoxy) is 2. The molecule has 0 bridgehead atoms. The molecule has 1 N–H and O–H groups in total. The molecule has 2 heterocycles. The average Bonchev–Trinajstić information content (AvgIpc) is 2.94. The summed E-state index contributed by atoms with van der Waals surface area (Å²) in [6.45, 7) is 2.04. The molecule has 7 nitrogen and oxygen atoms in total. The summed E-state index contributed by atoms with van der Waals surface area (Å²) in [6, 6.07) is 0. The Balaban J connectivity index is 2.37. The van der Waals surface area contributed by atoms with Crippen LogP contribution >= 0.6 is 11.5 Å². The van der Waals surface area contributed by atoms with E-state index in [-0.39, 0.29) is 5.88 Å². The quantitative estimate of drug-likeness (QED) is 0.861. The summed E-state index contributed by atoms with van der Waals surface area (Å²) in [4.78, 5) is 8.95. The van der Waals surface area contributed by atoms with Gasteiger partial charge >= 0.3 is 0 Å². The molecule has 2 rings (SSSR count). The molecule has 0 fully saturated rings. The van der Waals surface area contributed by atoms with Crippen LogP contribution in [0.1, 0.15) is 35.7 Å². The summed E-state index contributed by atoms with van der Waals surface area (Å²) in [5.74, 6) is 0.557. The number of aliphatic hydroxyl groups excluding tert-OH is 1. The second-order valence-corrected chi connectivity index (χ2v) is 4.83. The maximum Gasteiger partial charge on any atom is 0.241 e. The normalized spacial score (nSPS) is 12.2. The first-order valence-electron chi connectivity index (χ1n) is 6.15. The molecule has 0 aliphatic rings. The number of rotatable bonds is 6. The molecule has 108 valence electrons. The van der Waals surface area contributed by atoms with Gasteiger partial charge in [-0.05, 0) is 18.0 Å². The van der Waals surface area contributed by atoms with Gasteiger partial charge in [0.2, 0.25) is 11.8 Å². The molecule has 0 amide bonds. The van der Waals surface area contributed by atoms with Crippen LogP contribution in [0.2, 0.25) is 0 Å². The van der Waals surface area contributed by atoms with Crippen molar-refractivity contribution >= 4 is 11.5 Å². The highest BCUT2D eigenvalue weighted by atomic mass is 32.1. The van der Waals surface area contributed by atoms with Crippen LogP contribution in [0.5, 0.6) is 11.8 Å². The largest absolute Gasteiger partial charge is 0.480 e. The second-order valence-electron chi connectivity index (χ2n) is 4.04. The Hall–Kier alpha value is -1.80. The van der Waals surface area contributed by atoms with E-state index in [0.717, 1.165) is 30.1 Å². The molecule has 0 spiro atoms. The molecule has 0 aliphatic heterocycles. The number of aliphatic hydroxyl groups is 1. The lowest BCUT2D eigenvalue weighted by Gasteiger charge is -2.12. The maximum atomic E-state index is 10.5. The second kappa shape index (κ2) is 6.58. The third-order valence-corrected chi connectivity index (χ3v) is 3.55. The van der Waals surface area contributed by atoms with Crippen molar-refractivity contribution in [3.8, 4) is 11.8 Å². The lowest BCUT2D eigenvalue weighted by atomic mass is 10.1. The zero-order valence-corrected chi connectivity index (χ0v) is 12.3. The van der Waals surface area contributed by atoms with Gasteiger partial charge in [0.15, 0.2) is 0 Å². The van der Waals surface area contributed by atoms with Gasteiger partial charge in [-0.15, -0.1) is 5.10 Å². The Morgan fingerprint density at radius 1 is 1.35 bits per heavy atom. The van der Waals surface area contributed by atoms with Crippen molar-refractivity contribution in [3.63, 3.8) is 0 Å². The molecule has 1 atom stereocenters. The molecular formula is C12H16N4O3S. The average molecular weight is 296 g/mol. The zero-order chi connectivity index (χ0) is 14.5. The van der Waals surface area contributed by atoms with Crippen molar-refractivity contribution in [2.24, 2.45) is 0 Å². The molecule has 0 radical (unpaired) electrons. The van der Waals surface area contributed by atoms with Crippen LogP contribution in [-0.4, -0.2) is 38.9 Å². The van der Waals surface area contributed by atoms with E-state index >= 15 is 0 Å². The van der Waals surface area contributed by atoms with E-state index in [2.05, 4.69) is 19.6 Å². The van der Waals surface area contributed by atoms with E-state index in [1.165, 1.54) is 20.4 Å². The highest BCUT2D eigenvalue weighted by Crippen LogP contribution is 2.31. The van der Waals surface area contributed by atoms with Crippen molar-refractivity contribution in [1.29, 1.82) is 0 Å². The van der Waals surface area contributed by atoms with Crippen LogP contribution in [0.3, 0.4) is 0 Å². The summed E-state index contributed by atoms with van der Waals surface area (Å²) in [6.07, 6.45) is 2.17. The lowest BCUT2D eigenvalue weighted by molar-refractivity contribution is 0.209. The van der Waals surface area contributed by atoms with E-state index in [4.69, 9.17) is 9.47 Å². The van der Waals surface area contributed by atoms with E-state index in [9.17, 15) is 5.11 Å². The van der Waals surface area contributed by atoms with Crippen LogP contribution < -0.4 is 9.47 Å². The summed E-state index contributed by atoms with van der Waals surface area (Å²) >= 11 is 1.16. The maximum absolute atomic E-state index is 10.5. The van der Waals surface area contributed by atoms with Crippen LogP contribution in [0.15, 0.2) is 6.20 Å². The summed E-state index contributed by atoms with van der Waals surface area (Å²) < 4.78 is 14.0. The van der Waals surface area contributed by atoms with Crippen LogP contribution in [0.4, 0.5) is 0 Å². The summed E-state index contributed by atoms with van der Waals surface area (Å²) in [5, 5.41) is 14.5. The Morgan fingerprint density at radius 2 is 2.15 bits per heavy atom. The van der Waals surface area contributed by atoms with E-state index in [0.29, 0.717) is 16.5 Å². The van der Waals surface area contributed by atoms with Gasteiger partial charge in [-0.3, -0.25) is 0 Å². The zero-order valence-electron chi connectivity index (χ0n) is 11.5. The number of aromatic nitrogens is 4. The Bertz CT molecular complexity index is 576. The minimum Gasteiger partial charge on any atom is -0.480 e. The fourth-order valence-electron chi connectivity index (χ4n) is 1.76. The predicted octanol–water partition coefficient (Wildman–Crippen LogP) is 1.38. The van der Waals surface area contributed by atoms with Gasteiger partial charge in [0, 0.05) is 0 Å². The number of nitrogens with zero attached hydrogens (tertiary/aromatic N) is 4. The molecule has 2 aromatic rings. The SMILES string of the molecule is CCCc1nnsc1C(O)c1ncc(OC)nc1OC. The van der Waals surface area contributed by atoms with Crippen molar-refractivity contribution in [1.82, 2.24) is 19.6 Å². The molecule has 8 heteroatoms. The number of aryl methyl sites for hydroxylation is 1. The molecule has 0 aromatic carbocycles. The van der Waals surface area contributed by atoms with Gasteiger partial charge in [-0.25, -0.2) is 4.98 Å². The standard InChI is InChI=1S/C12H16N4O3S/c1-4-5-7-11(20-16-15-7)10(17)9-12(19-3)14-8(18-2)6-13-9/h6,10,17H,4-5H2,1-3H3. The fourth-order valence-corrected chi connectivity index (χ4v) is 2.45. The van der Waals surface area contributed by atoms with Gasteiger partial charge in [0.05, 0.1) is 31.0 Å². The van der Waals surface area contributed by atoms with Gasteiger partial charge in [-0.2, -0.15) is 4.98 Å². The third kappa shape index (κ3) is 2.86. The van der Waals surface area contributed by atoms with E-state index in [1.54, 1.807) is 0 Å². The molecule has 1 unspecified atom stereocenters. The molecule has 0 aliphatic carbocycles. The first-order chi connectivity index (χ1) is 9.71. The Labute approximate surface area is 120 Å². The topological polar surface area (TPSA) is 90.3 Å². The van der Waals surface area contributed by atoms with E-state index < -0.39 is 6.10 Å². The predicted molar refractivity (Wildman–Crippen MR) is 73.1 cm³/mol. The highest BCUT2D eigenvalue weighted by Gasteiger charge is 2.24. The van der Waals surface area contributed by atoms with Gasteiger partial charge < -0.3 is 14.6 Å². The van der Waals surface area contributed by atoms with Crippen molar-refractivity contribution in [3.05, 3.63) is 22.5 Å². The molecule has 0 saturated heterocycles. The number of methoxy groups -OCH3 is 2. The first kappa shape index (κ1) is 14.6. The van der Waals surface area contributed by atoms with E-state index in [1.807, 2.05) is 6.92 Å². The first-order valence-corrected chi connectivity index (χ1v) is 6.92. The van der Waals surface area contributed by atoms with Crippen LogP contribution in [0, 0.1) is 0 Å². The molecule has 0 saturated carbocycles. The van der Waals surface area contributed by atoms with Crippen molar-refractivity contribution in [2.75, 3.05) is 14.2 Å². The highest BCUT2D eigenvalue weighted by molar-refractivity contribution is 7.05.